The molecular formula is C17H25N3O3. The molecule has 0 unspecified atom stereocenters. The smallest absolute Gasteiger partial charge is 0.253 e. The summed E-state index contributed by atoms with van der Waals surface area (Å²) in [6.07, 6.45) is 2.14. The molecule has 0 bridgehead atoms. The number of nitrogens with two attached hydrogens (primary N) is 1. The van der Waals surface area contributed by atoms with E-state index in [2.05, 4.69) is 4.90 Å². The number of carbonyl (C=O) groups excluding carboxylic acids is 1. The number of piperidine rings is 1. The maximum atomic E-state index is 11.8. The van der Waals surface area contributed by atoms with Crippen molar-refractivity contribution in [2.75, 3.05) is 50.9 Å². The van der Waals surface area contributed by atoms with Gasteiger partial charge in [0.2, 0.25) is 0 Å². The van der Waals surface area contributed by atoms with Gasteiger partial charge in [-0.1, -0.05) is 0 Å². The normalized spacial score (nSPS) is 20.7. The molecule has 0 aromatic heterocycles. The SMILES string of the molecule is NC1CCN(CCOc2ccc(N3CCOCC3=O)cc2)CC1. The van der Waals surface area contributed by atoms with Crippen LogP contribution in [0.3, 0.4) is 0 Å². The van der Waals surface area contributed by atoms with Crippen molar-refractivity contribution in [2.45, 2.75) is 18.9 Å². The summed E-state index contributed by atoms with van der Waals surface area (Å²) in [7, 11) is 0. The van der Waals surface area contributed by atoms with Gasteiger partial charge in [0, 0.05) is 24.8 Å². The monoisotopic (exact) mass is 319 g/mol. The summed E-state index contributed by atoms with van der Waals surface area (Å²) in [5.74, 6) is 0.844. The van der Waals surface area contributed by atoms with Crippen LogP contribution in [-0.4, -0.2) is 62.8 Å². The van der Waals surface area contributed by atoms with E-state index < -0.39 is 0 Å². The third kappa shape index (κ3) is 4.43. The van der Waals surface area contributed by atoms with Gasteiger partial charge in [-0.2, -0.15) is 0 Å². The largest absolute Gasteiger partial charge is 0.492 e. The lowest BCUT2D eigenvalue weighted by Crippen LogP contribution is -2.41. The van der Waals surface area contributed by atoms with Crippen LogP contribution in [0.15, 0.2) is 24.3 Å². The molecule has 1 amide bonds. The molecule has 1 aromatic carbocycles. The predicted molar refractivity (Wildman–Crippen MR) is 88.8 cm³/mol. The van der Waals surface area contributed by atoms with Crippen molar-refractivity contribution >= 4 is 11.6 Å². The van der Waals surface area contributed by atoms with E-state index in [1.54, 1.807) is 4.90 Å². The van der Waals surface area contributed by atoms with Crippen molar-refractivity contribution in [1.82, 2.24) is 4.90 Å². The lowest BCUT2D eigenvalue weighted by Gasteiger charge is -2.29. The Morgan fingerprint density at radius 3 is 2.61 bits per heavy atom. The van der Waals surface area contributed by atoms with Crippen LogP contribution in [-0.2, 0) is 9.53 Å². The fraction of sp³-hybridized carbons (Fsp3) is 0.588. The number of rotatable bonds is 5. The molecule has 2 saturated heterocycles. The highest BCUT2D eigenvalue weighted by atomic mass is 16.5. The summed E-state index contributed by atoms with van der Waals surface area (Å²) < 4.78 is 10.9. The van der Waals surface area contributed by atoms with E-state index in [9.17, 15) is 4.79 Å². The van der Waals surface area contributed by atoms with Gasteiger partial charge in [-0.15, -0.1) is 0 Å². The highest BCUT2D eigenvalue weighted by molar-refractivity contribution is 5.94. The van der Waals surface area contributed by atoms with Crippen LogP contribution in [0.5, 0.6) is 5.75 Å². The Morgan fingerprint density at radius 2 is 1.91 bits per heavy atom. The van der Waals surface area contributed by atoms with Crippen molar-refractivity contribution in [1.29, 1.82) is 0 Å². The Hall–Kier alpha value is -1.63. The maximum Gasteiger partial charge on any atom is 0.253 e. The Balaban J connectivity index is 1.45. The van der Waals surface area contributed by atoms with E-state index in [1.807, 2.05) is 24.3 Å². The average Bonchev–Trinajstić information content (AvgIpc) is 2.58. The molecular weight excluding hydrogens is 294 g/mol. The molecule has 0 aliphatic carbocycles. The van der Waals surface area contributed by atoms with Crippen molar-refractivity contribution in [3.63, 3.8) is 0 Å². The second kappa shape index (κ2) is 7.77. The first kappa shape index (κ1) is 16.2. The first-order chi connectivity index (χ1) is 11.2. The lowest BCUT2D eigenvalue weighted by atomic mass is 10.1. The molecule has 2 aliphatic rings. The number of likely N-dealkylation sites (tertiary alicyclic amines) is 1. The number of morpholine rings is 1. The maximum absolute atomic E-state index is 11.8. The van der Waals surface area contributed by atoms with Crippen LogP contribution < -0.4 is 15.4 Å². The summed E-state index contributed by atoms with van der Waals surface area (Å²) in [5.41, 5.74) is 6.81. The van der Waals surface area contributed by atoms with Gasteiger partial charge in [-0.3, -0.25) is 9.69 Å². The zero-order chi connectivity index (χ0) is 16.1. The molecule has 126 valence electrons. The minimum Gasteiger partial charge on any atom is -0.492 e. The number of carbonyl (C=O) groups is 1. The molecule has 6 heteroatoms. The number of hydrogen-bond acceptors (Lipinski definition) is 5. The molecule has 3 rings (SSSR count). The number of amides is 1. The number of anilines is 1. The third-order valence-electron chi connectivity index (χ3n) is 4.44. The van der Waals surface area contributed by atoms with Crippen LogP contribution in [0.25, 0.3) is 0 Å². The van der Waals surface area contributed by atoms with E-state index in [4.69, 9.17) is 15.2 Å². The predicted octanol–water partition coefficient (Wildman–Crippen LogP) is 0.852. The molecule has 23 heavy (non-hydrogen) atoms. The van der Waals surface area contributed by atoms with Gasteiger partial charge < -0.3 is 20.1 Å². The number of nitrogens with zero attached hydrogens (tertiary/aromatic N) is 2. The lowest BCUT2D eigenvalue weighted by molar-refractivity contribution is -0.125. The molecule has 0 saturated carbocycles. The molecule has 6 nitrogen and oxygen atoms in total. The van der Waals surface area contributed by atoms with E-state index in [0.29, 0.717) is 25.8 Å². The fourth-order valence-electron chi connectivity index (χ4n) is 2.98. The van der Waals surface area contributed by atoms with Gasteiger partial charge in [0.05, 0.1) is 6.61 Å². The summed E-state index contributed by atoms with van der Waals surface area (Å²) >= 11 is 0. The van der Waals surface area contributed by atoms with E-state index in [0.717, 1.165) is 43.9 Å². The average molecular weight is 319 g/mol. The molecule has 0 radical (unpaired) electrons. The van der Waals surface area contributed by atoms with Crippen LogP contribution >= 0.6 is 0 Å². The highest BCUT2D eigenvalue weighted by Gasteiger charge is 2.20. The van der Waals surface area contributed by atoms with Gasteiger partial charge >= 0.3 is 0 Å². The quantitative estimate of drug-likeness (QED) is 0.871. The first-order valence-electron chi connectivity index (χ1n) is 8.31. The van der Waals surface area contributed by atoms with Crippen molar-refractivity contribution < 1.29 is 14.3 Å². The summed E-state index contributed by atoms with van der Waals surface area (Å²) in [6.45, 7) is 5.07. The second-order valence-electron chi connectivity index (χ2n) is 6.12. The van der Waals surface area contributed by atoms with Crippen LogP contribution in [0.1, 0.15) is 12.8 Å². The topological polar surface area (TPSA) is 68.0 Å². The van der Waals surface area contributed by atoms with Crippen LogP contribution in [0.4, 0.5) is 5.69 Å². The van der Waals surface area contributed by atoms with Gasteiger partial charge in [0.15, 0.2) is 0 Å². The van der Waals surface area contributed by atoms with Crippen LogP contribution in [0, 0.1) is 0 Å². The zero-order valence-corrected chi connectivity index (χ0v) is 13.4. The van der Waals surface area contributed by atoms with Crippen molar-refractivity contribution in [3.05, 3.63) is 24.3 Å². The van der Waals surface area contributed by atoms with Crippen LogP contribution in [0.2, 0.25) is 0 Å². The minimum absolute atomic E-state index is 0.00762. The van der Waals surface area contributed by atoms with Gasteiger partial charge in [0.1, 0.15) is 19.0 Å². The summed E-state index contributed by atoms with van der Waals surface area (Å²) in [5, 5.41) is 0. The molecule has 1 aromatic rings. The summed E-state index contributed by atoms with van der Waals surface area (Å²) in [6, 6.07) is 8.06. The first-order valence-corrected chi connectivity index (χ1v) is 8.31. The Bertz CT molecular complexity index is 512. The van der Waals surface area contributed by atoms with E-state index in [-0.39, 0.29) is 12.5 Å². The Labute approximate surface area is 137 Å². The molecule has 2 fully saturated rings. The highest BCUT2D eigenvalue weighted by Crippen LogP contribution is 2.21. The standard InChI is InChI=1S/C17H25N3O3/c18-14-5-7-19(8-6-14)9-12-23-16-3-1-15(2-4-16)20-10-11-22-13-17(20)21/h1-4,14H,5-13,18H2. The molecule has 0 atom stereocenters. The Morgan fingerprint density at radius 1 is 1.17 bits per heavy atom. The van der Waals surface area contributed by atoms with Crippen molar-refractivity contribution in [3.8, 4) is 5.75 Å². The Kier molecular flexibility index (Phi) is 5.48. The number of benzene rings is 1. The van der Waals surface area contributed by atoms with Gasteiger partial charge in [-0.25, -0.2) is 0 Å². The molecule has 2 aliphatic heterocycles. The van der Waals surface area contributed by atoms with E-state index >= 15 is 0 Å². The molecule has 2 N–H and O–H groups in total. The molecule has 2 heterocycles. The third-order valence-corrected chi connectivity index (χ3v) is 4.44. The number of hydrogen-bond donors (Lipinski definition) is 1. The molecule has 0 spiro atoms. The van der Waals surface area contributed by atoms with E-state index in [1.165, 1.54) is 0 Å². The second-order valence-corrected chi connectivity index (χ2v) is 6.12. The fourth-order valence-corrected chi connectivity index (χ4v) is 2.98. The minimum atomic E-state index is 0.00762. The zero-order valence-electron chi connectivity index (χ0n) is 13.4. The van der Waals surface area contributed by atoms with Crippen molar-refractivity contribution in [2.24, 2.45) is 5.73 Å². The summed E-state index contributed by atoms with van der Waals surface area (Å²) in [4.78, 5) is 16.0. The van der Waals surface area contributed by atoms with Gasteiger partial charge in [-0.05, 0) is 50.2 Å². The van der Waals surface area contributed by atoms with Gasteiger partial charge in [0.25, 0.3) is 5.91 Å². The number of ether oxygens (including phenoxy) is 2.